The lowest BCUT2D eigenvalue weighted by atomic mass is 9.67. The number of para-hydroxylation sites is 1. The van der Waals surface area contributed by atoms with Crippen molar-refractivity contribution in [3.8, 4) is 0 Å². The van der Waals surface area contributed by atoms with Crippen LogP contribution in [0.5, 0.6) is 0 Å². The number of amides is 2. The van der Waals surface area contributed by atoms with Gasteiger partial charge >= 0.3 is 0 Å². The number of alkyl halides is 1. The summed E-state index contributed by atoms with van der Waals surface area (Å²) < 4.78 is 4.95. The van der Waals surface area contributed by atoms with Crippen LogP contribution in [0.25, 0.3) is 0 Å². The third-order valence-electron chi connectivity index (χ3n) is 5.91. The molecule has 1 spiro atoms. The Morgan fingerprint density at radius 3 is 2.55 bits per heavy atom. The fraction of sp³-hybridized carbons (Fsp3) is 0.583. The molecule has 1 N–H and O–H groups in total. The third-order valence-corrected chi connectivity index (χ3v) is 7.88. The van der Waals surface area contributed by atoms with E-state index in [9.17, 15) is 9.59 Å². The molecule has 0 radical (unpaired) electrons. The molecule has 2 unspecified atom stereocenters. The van der Waals surface area contributed by atoms with Crippen molar-refractivity contribution in [2.45, 2.75) is 63.3 Å². The van der Waals surface area contributed by atoms with Crippen molar-refractivity contribution in [2.75, 3.05) is 31.0 Å². The van der Waals surface area contributed by atoms with E-state index in [0.717, 1.165) is 29.9 Å². The lowest BCUT2D eigenvalue weighted by Crippen LogP contribution is -2.59. The predicted octanol–water partition coefficient (Wildman–Crippen LogP) is 4.73. The average Bonchev–Trinajstić information content (AvgIpc) is 2.95. The zero-order valence-electron chi connectivity index (χ0n) is 19.6. The van der Waals surface area contributed by atoms with Crippen LogP contribution < -0.4 is 10.2 Å². The van der Waals surface area contributed by atoms with E-state index in [0.29, 0.717) is 25.3 Å². The quantitative estimate of drug-likeness (QED) is 0.360. The van der Waals surface area contributed by atoms with Gasteiger partial charge in [-0.05, 0) is 37.4 Å². The Balaban J connectivity index is 0.000000366. The highest BCUT2D eigenvalue weighted by Gasteiger charge is 2.57. The Morgan fingerprint density at radius 2 is 2.00 bits per heavy atom. The summed E-state index contributed by atoms with van der Waals surface area (Å²) >= 11 is 5.82. The smallest absolute Gasteiger partial charge is 0.240 e. The van der Waals surface area contributed by atoms with Gasteiger partial charge in [0.25, 0.3) is 0 Å². The minimum Gasteiger partial charge on any atom is -0.385 e. The fourth-order valence-electron chi connectivity index (χ4n) is 4.28. The first-order valence-electron chi connectivity index (χ1n) is 11.0. The van der Waals surface area contributed by atoms with E-state index in [1.807, 2.05) is 36.1 Å². The topological polar surface area (TPSA) is 58.6 Å². The molecule has 5 nitrogen and oxygen atoms in total. The standard InChI is InChI=1S/C18H21ClN2O2.C6H16OSi/c1-12(2)16-18(9-8-15(22)20-16)13-6-3-4-7-14(13)21(17(18)23)11-5-10-19;1-7-5-6-8(2,3)4/h3-4,6-7,16H,1,5,8-11H2,2H3,(H,20,22);5-6H2,1-4H3. The minimum absolute atomic E-state index is 0.0203. The molecule has 0 aromatic heterocycles. The number of anilines is 1. The summed E-state index contributed by atoms with van der Waals surface area (Å²) in [6.45, 7) is 14.5. The summed E-state index contributed by atoms with van der Waals surface area (Å²) in [5, 5.41) is 2.98. The van der Waals surface area contributed by atoms with E-state index < -0.39 is 13.5 Å². The lowest BCUT2D eigenvalue weighted by molar-refractivity contribution is -0.130. The average molecular weight is 465 g/mol. The SMILES string of the molecule is C=C(C)C1NC(=O)CCC12C(=O)N(CCCCl)c1ccccc12.COCC[Si](C)(C)C. The van der Waals surface area contributed by atoms with Gasteiger partial charge in [-0.2, -0.15) is 0 Å². The van der Waals surface area contributed by atoms with Crippen molar-refractivity contribution >= 4 is 37.2 Å². The summed E-state index contributed by atoms with van der Waals surface area (Å²) in [5.41, 5.74) is 2.00. The normalized spacial score (nSPS) is 22.6. The minimum atomic E-state index is -0.803. The molecular formula is C24H37ClN2O3Si. The molecule has 172 valence electrons. The number of methoxy groups -OCH3 is 1. The molecule has 2 atom stereocenters. The molecular weight excluding hydrogens is 428 g/mol. The van der Waals surface area contributed by atoms with Gasteiger partial charge in [-0.25, -0.2) is 0 Å². The summed E-state index contributed by atoms with van der Waals surface area (Å²) in [5.74, 6) is 0.546. The molecule has 3 rings (SSSR count). The lowest BCUT2D eigenvalue weighted by Gasteiger charge is -2.41. The van der Waals surface area contributed by atoms with Crippen molar-refractivity contribution < 1.29 is 14.3 Å². The second-order valence-electron chi connectivity index (χ2n) is 9.64. The number of ether oxygens (including phenoxy) is 1. The van der Waals surface area contributed by atoms with Crippen LogP contribution in [0.2, 0.25) is 25.7 Å². The van der Waals surface area contributed by atoms with Crippen molar-refractivity contribution in [3.05, 3.63) is 42.0 Å². The van der Waals surface area contributed by atoms with Gasteiger partial charge in [0.15, 0.2) is 0 Å². The van der Waals surface area contributed by atoms with Gasteiger partial charge in [0, 0.05) is 46.3 Å². The van der Waals surface area contributed by atoms with Crippen LogP contribution in [-0.4, -0.2) is 52.1 Å². The van der Waals surface area contributed by atoms with Crippen LogP contribution in [0.1, 0.15) is 31.7 Å². The van der Waals surface area contributed by atoms with Gasteiger partial charge in [-0.3, -0.25) is 9.59 Å². The maximum atomic E-state index is 13.4. The summed E-state index contributed by atoms with van der Waals surface area (Å²) in [7, 11) is 0.961. The number of rotatable bonds is 7. The Hall–Kier alpha value is -1.63. The number of hydrogen-bond donors (Lipinski definition) is 1. The highest BCUT2D eigenvalue weighted by molar-refractivity contribution is 6.76. The fourth-order valence-corrected chi connectivity index (χ4v) is 5.21. The highest BCUT2D eigenvalue weighted by Crippen LogP contribution is 2.49. The Bertz CT molecular complexity index is 808. The van der Waals surface area contributed by atoms with Crippen molar-refractivity contribution in [1.82, 2.24) is 5.32 Å². The second kappa shape index (κ2) is 10.8. The van der Waals surface area contributed by atoms with Crippen LogP contribution >= 0.6 is 11.6 Å². The first kappa shape index (κ1) is 25.6. The second-order valence-corrected chi connectivity index (χ2v) is 15.6. The van der Waals surface area contributed by atoms with Crippen molar-refractivity contribution in [3.63, 3.8) is 0 Å². The third kappa shape index (κ3) is 5.79. The maximum Gasteiger partial charge on any atom is 0.240 e. The van der Waals surface area contributed by atoms with Gasteiger partial charge in [-0.15, -0.1) is 11.6 Å². The van der Waals surface area contributed by atoms with Crippen molar-refractivity contribution in [2.24, 2.45) is 0 Å². The molecule has 2 heterocycles. The van der Waals surface area contributed by atoms with Crippen LogP contribution in [0.3, 0.4) is 0 Å². The molecule has 1 saturated heterocycles. The first-order valence-corrected chi connectivity index (χ1v) is 15.2. The molecule has 7 heteroatoms. The molecule has 0 saturated carbocycles. The van der Waals surface area contributed by atoms with Crippen LogP contribution in [0.4, 0.5) is 5.69 Å². The molecule has 0 bridgehead atoms. The first-order chi connectivity index (χ1) is 14.6. The molecule has 1 aromatic rings. The van der Waals surface area contributed by atoms with Gasteiger partial charge in [-0.1, -0.05) is 50.0 Å². The number of nitrogens with zero attached hydrogens (tertiary/aromatic N) is 1. The van der Waals surface area contributed by atoms with E-state index in [-0.39, 0.29) is 17.9 Å². The zero-order chi connectivity index (χ0) is 23.2. The predicted molar refractivity (Wildman–Crippen MR) is 132 cm³/mol. The monoisotopic (exact) mass is 464 g/mol. The van der Waals surface area contributed by atoms with Gasteiger partial charge in [0.1, 0.15) is 5.41 Å². The Kier molecular flexibility index (Phi) is 8.92. The Labute approximate surface area is 193 Å². The van der Waals surface area contributed by atoms with Crippen LogP contribution in [0.15, 0.2) is 36.4 Å². The van der Waals surface area contributed by atoms with Gasteiger partial charge in [0.05, 0.1) is 6.04 Å². The number of carbonyl (C=O) groups excluding carboxylic acids is 2. The van der Waals surface area contributed by atoms with Gasteiger partial charge < -0.3 is 15.0 Å². The number of nitrogens with one attached hydrogen (secondary N) is 1. The summed E-state index contributed by atoms with van der Waals surface area (Å²) in [6, 6.07) is 8.78. The largest absolute Gasteiger partial charge is 0.385 e. The number of benzene rings is 1. The number of piperidine rings is 1. The number of hydrogen-bond acceptors (Lipinski definition) is 3. The zero-order valence-corrected chi connectivity index (χ0v) is 21.3. The van der Waals surface area contributed by atoms with Crippen molar-refractivity contribution in [1.29, 1.82) is 0 Å². The van der Waals surface area contributed by atoms with Gasteiger partial charge in [0.2, 0.25) is 11.8 Å². The van der Waals surface area contributed by atoms with E-state index >= 15 is 0 Å². The Morgan fingerprint density at radius 1 is 1.32 bits per heavy atom. The molecule has 2 aliphatic heterocycles. The van der Waals surface area contributed by atoms with E-state index in [1.54, 1.807) is 7.11 Å². The van der Waals surface area contributed by atoms with Crippen LogP contribution in [-0.2, 0) is 19.7 Å². The number of halogens is 1. The molecule has 0 aliphatic carbocycles. The number of fused-ring (bicyclic) bond motifs is 2. The maximum absolute atomic E-state index is 13.4. The molecule has 2 amide bonds. The number of carbonyl (C=O) groups is 2. The van der Waals surface area contributed by atoms with E-state index in [4.69, 9.17) is 16.3 Å². The molecule has 31 heavy (non-hydrogen) atoms. The molecule has 2 aliphatic rings. The molecule has 1 aromatic carbocycles. The highest BCUT2D eigenvalue weighted by atomic mass is 35.5. The van der Waals surface area contributed by atoms with E-state index in [1.165, 1.54) is 6.04 Å². The molecule has 1 fully saturated rings. The summed E-state index contributed by atoms with van der Waals surface area (Å²) in [4.78, 5) is 27.1. The van der Waals surface area contributed by atoms with E-state index in [2.05, 4.69) is 31.5 Å². The summed E-state index contributed by atoms with van der Waals surface area (Å²) in [6.07, 6.45) is 1.61. The van der Waals surface area contributed by atoms with Crippen LogP contribution in [0, 0.1) is 0 Å².